The lowest BCUT2D eigenvalue weighted by Gasteiger charge is -2.35. The van der Waals surface area contributed by atoms with Gasteiger partial charge in [-0.3, -0.25) is 4.79 Å². The van der Waals surface area contributed by atoms with E-state index < -0.39 is 29.9 Å². The number of hydrogen-bond donors (Lipinski definition) is 1. The Bertz CT molecular complexity index is 542. The fourth-order valence-corrected chi connectivity index (χ4v) is 2.71. The minimum absolute atomic E-state index is 0.0205. The molecule has 0 aromatic heterocycles. The number of hydrogen-bond acceptors (Lipinski definition) is 1. The molecule has 1 aromatic carbocycles. The maximum atomic E-state index is 12.8. The standard InChI is InChI=1S/C15H15F5O2/c1-8(15(18,19)20)12(13(21)22)10-4-2-9(3-5-10)11-6-14(16,17)7-11/h2-5,8,11-12H,6-7H2,1H3,(H,21,22)/t8-,12+/m1/s1. The van der Waals surface area contributed by atoms with Gasteiger partial charge in [0, 0.05) is 12.8 Å². The quantitative estimate of drug-likeness (QED) is 0.825. The first kappa shape index (κ1) is 16.7. The molecule has 122 valence electrons. The summed E-state index contributed by atoms with van der Waals surface area (Å²) < 4.78 is 63.9. The normalized spacial score (nSPS) is 21.0. The molecule has 1 aliphatic rings. The predicted molar refractivity (Wildman–Crippen MR) is 69.0 cm³/mol. The van der Waals surface area contributed by atoms with Gasteiger partial charge in [0.05, 0.1) is 11.8 Å². The van der Waals surface area contributed by atoms with Crippen LogP contribution in [-0.4, -0.2) is 23.2 Å². The maximum Gasteiger partial charge on any atom is 0.392 e. The highest BCUT2D eigenvalue weighted by molar-refractivity contribution is 5.76. The van der Waals surface area contributed by atoms with Gasteiger partial charge in [-0.1, -0.05) is 31.2 Å². The summed E-state index contributed by atoms with van der Waals surface area (Å²) in [6.45, 7) is 0.819. The molecule has 0 amide bonds. The zero-order valence-electron chi connectivity index (χ0n) is 11.7. The average Bonchev–Trinajstić information content (AvgIpc) is 2.35. The van der Waals surface area contributed by atoms with Gasteiger partial charge in [0.25, 0.3) is 0 Å². The Balaban J connectivity index is 2.18. The van der Waals surface area contributed by atoms with Crippen LogP contribution in [0.1, 0.15) is 42.7 Å². The molecular weight excluding hydrogens is 307 g/mol. The molecule has 2 atom stereocenters. The van der Waals surface area contributed by atoms with Gasteiger partial charge in [0.1, 0.15) is 0 Å². The van der Waals surface area contributed by atoms with E-state index in [1.54, 1.807) is 0 Å². The number of benzene rings is 1. The van der Waals surface area contributed by atoms with Crippen LogP contribution in [0.3, 0.4) is 0 Å². The summed E-state index contributed by atoms with van der Waals surface area (Å²) >= 11 is 0. The third-order valence-electron chi connectivity index (χ3n) is 4.14. The van der Waals surface area contributed by atoms with E-state index in [-0.39, 0.29) is 24.3 Å². The number of carboxylic acid groups (broad SMARTS) is 1. The molecular formula is C15H15F5O2. The number of alkyl halides is 5. The number of carbonyl (C=O) groups is 1. The van der Waals surface area contributed by atoms with E-state index in [1.807, 2.05) is 0 Å². The van der Waals surface area contributed by atoms with Crippen molar-refractivity contribution in [1.29, 1.82) is 0 Å². The maximum absolute atomic E-state index is 12.8. The smallest absolute Gasteiger partial charge is 0.392 e. The van der Waals surface area contributed by atoms with Gasteiger partial charge in [0.2, 0.25) is 5.92 Å². The highest BCUT2D eigenvalue weighted by Crippen LogP contribution is 2.48. The molecule has 1 aromatic rings. The predicted octanol–water partition coefficient (Wildman–Crippen LogP) is 4.57. The summed E-state index contributed by atoms with van der Waals surface area (Å²) in [7, 11) is 0. The molecule has 1 saturated carbocycles. The monoisotopic (exact) mass is 322 g/mol. The molecule has 0 saturated heterocycles. The first-order chi connectivity index (χ1) is 10.0. The van der Waals surface area contributed by atoms with Gasteiger partial charge < -0.3 is 5.11 Å². The molecule has 1 aliphatic carbocycles. The Kier molecular flexibility index (Phi) is 4.19. The van der Waals surface area contributed by atoms with Crippen molar-refractivity contribution in [2.24, 2.45) is 5.92 Å². The Hall–Kier alpha value is -1.66. The Morgan fingerprint density at radius 1 is 1.23 bits per heavy atom. The topological polar surface area (TPSA) is 37.3 Å². The van der Waals surface area contributed by atoms with Crippen molar-refractivity contribution >= 4 is 5.97 Å². The van der Waals surface area contributed by atoms with Gasteiger partial charge >= 0.3 is 12.1 Å². The van der Waals surface area contributed by atoms with Gasteiger partial charge in [-0.2, -0.15) is 13.2 Å². The van der Waals surface area contributed by atoms with Crippen LogP contribution in [0.15, 0.2) is 24.3 Å². The molecule has 0 spiro atoms. The summed E-state index contributed by atoms with van der Waals surface area (Å²) in [5.41, 5.74) is 0.616. The molecule has 0 aliphatic heterocycles. The van der Waals surface area contributed by atoms with E-state index in [1.165, 1.54) is 24.3 Å². The van der Waals surface area contributed by atoms with Crippen molar-refractivity contribution in [3.8, 4) is 0 Å². The molecule has 2 nitrogen and oxygen atoms in total. The fraction of sp³-hybridized carbons (Fsp3) is 0.533. The third kappa shape index (κ3) is 3.39. The van der Waals surface area contributed by atoms with Crippen LogP contribution < -0.4 is 0 Å². The Labute approximate surface area is 123 Å². The zero-order chi connectivity index (χ0) is 16.7. The van der Waals surface area contributed by atoms with Crippen LogP contribution in [0, 0.1) is 5.92 Å². The summed E-state index contributed by atoms with van der Waals surface area (Å²) in [5.74, 6) is -8.32. The highest BCUT2D eigenvalue weighted by atomic mass is 19.4. The lowest BCUT2D eigenvalue weighted by atomic mass is 9.76. The van der Waals surface area contributed by atoms with Gasteiger partial charge in [-0.25, -0.2) is 8.78 Å². The average molecular weight is 322 g/mol. The number of rotatable bonds is 4. The summed E-state index contributed by atoms with van der Waals surface area (Å²) in [4.78, 5) is 11.2. The first-order valence-electron chi connectivity index (χ1n) is 6.78. The second kappa shape index (κ2) is 5.52. The molecule has 0 unspecified atom stereocenters. The minimum Gasteiger partial charge on any atom is -0.481 e. The number of aliphatic carboxylic acids is 1. The lowest BCUT2D eigenvalue weighted by Crippen LogP contribution is -2.33. The van der Waals surface area contributed by atoms with Crippen molar-refractivity contribution in [2.75, 3.05) is 0 Å². The molecule has 22 heavy (non-hydrogen) atoms. The molecule has 7 heteroatoms. The second-order valence-electron chi connectivity index (χ2n) is 5.77. The summed E-state index contributed by atoms with van der Waals surface area (Å²) in [6, 6.07) is 5.45. The van der Waals surface area contributed by atoms with E-state index in [0.29, 0.717) is 5.56 Å². The molecule has 1 fully saturated rings. The van der Waals surface area contributed by atoms with E-state index in [9.17, 15) is 26.7 Å². The minimum atomic E-state index is -4.63. The van der Waals surface area contributed by atoms with E-state index in [0.717, 1.165) is 6.92 Å². The molecule has 0 bridgehead atoms. The van der Waals surface area contributed by atoms with Crippen LogP contribution in [0.25, 0.3) is 0 Å². The van der Waals surface area contributed by atoms with E-state index >= 15 is 0 Å². The molecule has 0 heterocycles. The zero-order valence-corrected chi connectivity index (χ0v) is 11.7. The molecule has 1 N–H and O–H groups in total. The molecule has 0 radical (unpaired) electrons. The second-order valence-corrected chi connectivity index (χ2v) is 5.77. The van der Waals surface area contributed by atoms with Crippen LogP contribution in [-0.2, 0) is 4.79 Å². The number of halogens is 5. The Morgan fingerprint density at radius 2 is 1.73 bits per heavy atom. The van der Waals surface area contributed by atoms with E-state index in [4.69, 9.17) is 5.11 Å². The van der Waals surface area contributed by atoms with Crippen LogP contribution >= 0.6 is 0 Å². The Morgan fingerprint density at radius 3 is 2.09 bits per heavy atom. The summed E-state index contributed by atoms with van der Waals surface area (Å²) in [5, 5.41) is 9.07. The van der Waals surface area contributed by atoms with Crippen molar-refractivity contribution < 1.29 is 31.9 Å². The lowest BCUT2D eigenvalue weighted by molar-refractivity contribution is -0.183. The fourth-order valence-electron chi connectivity index (χ4n) is 2.71. The van der Waals surface area contributed by atoms with Crippen molar-refractivity contribution in [3.05, 3.63) is 35.4 Å². The first-order valence-corrected chi connectivity index (χ1v) is 6.78. The summed E-state index contributed by atoms with van der Waals surface area (Å²) in [6.07, 6.45) is -5.20. The van der Waals surface area contributed by atoms with Crippen molar-refractivity contribution in [1.82, 2.24) is 0 Å². The van der Waals surface area contributed by atoms with Gasteiger partial charge in [0.15, 0.2) is 0 Å². The van der Waals surface area contributed by atoms with E-state index in [2.05, 4.69) is 0 Å². The highest BCUT2D eigenvalue weighted by Gasteiger charge is 2.47. The van der Waals surface area contributed by atoms with Crippen molar-refractivity contribution in [2.45, 2.75) is 43.7 Å². The van der Waals surface area contributed by atoms with Crippen molar-refractivity contribution in [3.63, 3.8) is 0 Å². The van der Waals surface area contributed by atoms with Crippen LogP contribution in [0.2, 0.25) is 0 Å². The SMILES string of the molecule is C[C@H]([C@H](C(=O)O)c1ccc(C2CC(F)(F)C2)cc1)C(F)(F)F. The van der Waals surface area contributed by atoms with Crippen LogP contribution in [0.5, 0.6) is 0 Å². The third-order valence-corrected chi connectivity index (χ3v) is 4.14. The number of carboxylic acids is 1. The van der Waals surface area contributed by atoms with Crippen LogP contribution in [0.4, 0.5) is 22.0 Å². The van der Waals surface area contributed by atoms with Gasteiger partial charge in [-0.15, -0.1) is 0 Å². The largest absolute Gasteiger partial charge is 0.481 e. The van der Waals surface area contributed by atoms with Gasteiger partial charge in [-0.05, 0) is 17.0 Å². The molecule has 2 rings (SSSR count).